The van der Waals surface area contributed by atoms with Crippen LogP contribution in [0.5, 0.6) is 0 Å². The molecule has 0 atom stereocenters. The Morgan fingerprint density at radius 1 is 1.19 bits per heavy atom. The smallest absolute Gasteiger partial charge is 0.241 e. The van der Waals surface area contributed by atoms with E-state index in [1.54, 1.807) is 19.0 Å². The summed E-state index contributed by atoms with van der Waals surface area (Å²) in [6.07, 6.45) is 6.06. The van der Waals surface area contributed by atoms with Crippen LogP contribution in [0.2, 0.25) is 0 Å². The lowest BCUT2D eigenvalue weighted by atomic mass is 9.96. The first kappa shape index (κ1) is 25.2. The number of para-hydroxylation sites is 1. The maximum atomic E-state index is 12.1. The molecule has 0 saturated heterocycles. The standard InChI is InChI=1S/C23H34N6O.HI/c1-17-14-18(2)29(27-17)21-13-9-8-10-19(21)15-24-23(25-16-22(30)28(3)4)26-20-11-6-5-7-12-20;/h8-10,13-14,20H,5-7,11-12,15-16H2,1-4H3,(H2,24,25,26);1H. The third-order valence-electron chi connectivity index (χ3n) is 5.49. The van der Waals surface area contributed by atoms with Crippen LogP contribution >= 0.6 is 24.0 Å². The third-order valence-corrected chi connectivity index (χ3v) is 5.49. The zero-order valence-electron chi connectivity index (χ0n) is 19.0. The van der Waals surface area contributed by atoms with E-state index in [0.717, 1.165) is 35.5 Å². The number of likely N-dealkylation sites (N-methyl/N-ethyl adjacent to an activating group) is 1. The molecule has 1 heterocycles. The van der Waals surface area contributed by atoms with Crippen molar-refractivity contribution in [3.8, 4) is 5.69 Å². The van der Waals surface area contributed by atoms with Crippen molar-refractivity contribution in [1.29, 1.82) is 0 Å². The number of halogens is 1. The van der Waals surface area contributed by atoms with Crippen molar-refractivity contribution >= 4 is 35.8 Å². The number of benzene rings is 1. The number of hydrogen-bond acceptors (Lipinski definition) is 3. The first-order valence-corrected chi connectivity index (χ1v) is 10.8. The summed E-state index contributed by atoms with van der Waals surface area (Å²) in [6, 6.07) is 10.7. The number of nitrogens with one attached hydrogen (secondary N) is 2. The largest absolute Gasteiger partial charge is 0.354 e. The van der Waals surface area contributed by atoms with E-state index >= 15 is 0 Å². The van der Waals surface area contributed by atoms with E-state index in [0.29, 0.717) is 18.5 Å². The van der Waals surface area contributed by atoms with Gasteiger partial charge in [-0.05, 0) is 44.4 Å². The quantitative estimate of drug-likeness (QED) is 0.335. The fraction of sp³-hybridized carbons (Fsp3) is 0.522. The Balaban J connectivity index is 0.00000341. The van der Waals surface area contributed by atoms with Crippen molar-refractivity contribution in [2.75, 3.05) is 20.6 Å². The average molecular weight is 538 g/mol. The predicted molar refractivity (Wildman–Crippen MR) is 136 cm³/mol. The second-order valence-corrected chi connectivity index (χ2v) is 8.25. The first-order chi connectivity index (χ1) is 14.4. The number of amides is 1. The summed E-state index contributed by atoms with van der Waals surface area (Å²) in [5, 5.41) is 11.4. The molecule has 0 bridgehead atoms. The van der Waals surface area contributed by atoms with Crippen LogP contribution < -0.4 is 10.6 Å². The Morgan fingerprint density at radius 2 is 1.90 bits per heavy atom. The molecule has 0 radical (unpaired) electrons. The van der Waals surface area contributed by atoms with Crippen LogP contribution in [-0.4, -0.2) is 53.2 Å². The molecule has 7 nitrogen and oxygen atoms in total. The molecule has 170 valence electrons. The second kappa shape index (κ2) is 12.1. The summed E-state index contributed by atoms with van der Waals surface area (Å²) >= 11 is 0. The molecule has 0 aliphatic heterocycles. The van der Waals surface area contributed by atoms with Gasteiger partial charge in [-0.25, -0.2) is 9.67 Å². The Labute approximate surface area is 202 Å². The van der Waals surface area contributed by atoms with Crippen LogP contribution in [0.1, 0.15) is 49.1 Å². The highest BCUT2D eigenvalue weighted by atomic mass is 127. The summed E-state index contributed by atoms with van der Waals surface area (Å²) in [4.78, 5) is 18.5. The van der Waals surface area contributed by atoms with E-state index in [9.17, 15) is 4.79 Å². The minimum atomic E-state index is 0. The molecule has 31 heavy (non-hydrogen) atoms. The van der Waals surface area contributed by atoms with Gasteiger partial charge in [-0.15, -0.1) is 24.0 Å². The molecular weight excluding hydrogens is 503 g/mol. The van der Waals surface area contributed by atoms with Gasteiger partial charge in [0.25, 0.3) is 0 Å². The minimum Gasteiger partial charge on any atom is -0.354 e. The Kier molecular flexibility index (Phi) is 9.80. The number of aromatic nitrogens is 2. The summed E-state index contributed by atoms with van der Waals surface area (Å²) in [7, 11) is 3.53. The third kappa shape index (κ3) is 7.22. The molecule has 1 aliphatic rings. The lowest BCUT2D eigenvalue weighted by Crippen LogP contribution is -2.47. The van der Waals surface area contributed by atoms with Crippen molar-refractivity contribution in [2.45, 2.75) is 58.5 Å². The molecule has 8 heteroatoms. The van der Waals surface area contributed by atoms with E-state index in [1.165, 1.54) is 19.3 Å². The number of hydrogen-bond donors (Lipinski definition) is 2. The Hall–Kier alpha value is -2.10. The minimum absolute atomic E-state index is 0. The molecule has 1 fully saturated rings. The fourth-order valence-electron chi connectivity index (χ4n) is 3.80. The number of carbonyl (C=O) groups is 1. The van der Waals surface area contributed by atoms with Crippen LogP contribution in [0.3, 0.4) is 0 Å². The van der Waals surface area contributed by atoms with Gasteiger partial charge in [-0.3, -0.25) is 4.79 Å². The summed E-state index contributed by atoms with van der Waals surface area (Å²) in [5.74, 6) is 0.719. The Morgan fingerprint density at radius 3 is 2.55 bits per heavy atom. The maximum absolute atomic E-state index is 12.1. The molecule has 0 spiro atoms. The normalized spacial score (nSPS) is 14.6. The van der Waals surface area contributed by atoms with Gasteiger partial charge in [0.2, 0.25) is 5.91 Å². The van der Waals surface area contributed by atoms with Gasteiger partial charge < -0.3 is 15.5 Å². The average Bonchev–Trinajstić information content (AvgIpc) is 3.08. The molecule has 3 rings (SSSR count). The number of aliphatic imine (C=N–C) groups is 1. The molecular formula is C23H35IN6O. The van der Waals surface area contributed by atoms with Crippen molar-refractivity contribution < 1.29 is 4.79 Å². The molecule has 1 amide bonds. The zero-order chi connectivity index (χ0) is 21.5. The van der Waals surface area contributed by atoms with E-state index < -0.39 is 0 Å². The van der Waals surface area contributed by atoms with Crippen molar-refractivity contribution in [3.63, 3.8) is 0 Å². The van der Waals surface area contributed by atoms with Crippen LogP contribution in [-0.2, 0) is 11.3 Å². The molecule has 1 saturated carbocycles. The fourth-order valence-corrected chi connectivity index (χ4v) is 3.80. The number of nitrogens with zero attached hydrogens (tertiary/aromatic N) is 4. The summed E-state index contributed by atoms with van der Waals surface area (Å²) < 4.78 is 1.97. The van der Waals surface area contributed by atoms with Gasteiger partial charge >= 0.3 is 0 Å². The van der Waals surface area contributed by atoms with E-state index in [-0.39, 0.29) is 36.4 Å². The predicted octanol–water partition coefficient (Wildman–Crippen LogP) is 3.56. The topological polar surface area (TPSA) is 74.6 Å². The van der Waals surface area contributed by atoms with Gasteiger partial charge in [0, 0.05) is 25.8 Å². The Bertz CT molecular complexity index is 886. The highest BCUT2D eigenvalue weighted by molar-refractivity contribution is 14.0. The molecule has 1 aromatic heterocycles. The molecule has 2 aromatic rings. The number of rotatable bonds is 6. The van der Waals surface area contributed by atoms with Crippen LogP contribution in [0.25, 0.3) is 5.69 Å². The van der Waals surface area contributed by atoms with E-state index in [2.05, 4.69) is 40.9 Å². The van der Waals surface area contributed by atoms with E-state index in [4.69, 9.17) is 4.99 Å². The lowest BCUT2D eigenvalue weighted by Gasteiger charge is -2.25. The van der Waals surface area contributed by atoms with E-state index in [1.807, 2.05) is 23.7 Å². The van der Waals surface area contributed by atoms with Gasteiger partial charge in [0.1, 0.15) is 0 Å². The van der Waals surface area contributed by atoms with Crippen molar-refractivity contribution in [3.05, 3.63) is 47.3 Å². The first-order valence-electron chi connectivity index (χ1n) is 10.8. The van der Waals surface area contributed by atoms with Crippen molar-refractivity contribution in [2.24, 2.45) is 4.99 Å². The van der Waals surface area contributed by atoms with Crippen LogP contribution in [0, 0.1) is 13.8 Å². The SMILES string of the molecule is Cc1cc(C)n(-c2ccccc2CN=C(NCC(=O)N(C)C)NC2CCCCC2)n1.I. The van der Waals surface area contributed by atoms with Crippen LogP contribution in [0.4, 0.5) is 0 Å². The zero-order valence-corrected chi connectivity index (χ0v) is 21.3. The van der Waals surface area contributed by atoms with Gasteiger partial charge in [0.15, 0.2) is 5.96 Å². The molecule has 1 aliphatic carbocycles. The van der Waals surface area contributed by atoms with Crippen LogP contribution in [0.15, 0.2) is 35.3 Å². The monoisotopic (exact) mass is 538 g/mol. The molecule has 2 N–H and O–H groups in total. The lowest BCUT2D eigenvalue weighted by molar-refractivity contribution is -0.127. The summed E-state index contributed by atoms with van der Waals surface area (Å²) in [6.45, 7) is 4.80. The van der Waals surface area contributed by atoms with Gasteiger partial charge in [0.05, 0.1) is 24.5 Å². The maximum Gasteiger partial charge on any atom is 0.241 e. The summed E-state index contributed by atoms with van der Waals surface area (Å²) in [5.41, 5.74) is 4.22. The molecule has 0 unspecified atom stereocenters. The van der Waals surface area contributed by atoms with Gasteiger partial charge in [-0.1, -0.05) is 37.5 Å². The molecule has 1 aromatic carbocycles. The van der Waals surface area contributed by atoms with Gasteiger partial charge in [-0.2, -0.15) is 5.10 Å². The second-order valence-electron chi connectivity index (χ2n) is 8.25. The number of guanidine groups is 1. The highest BCUT2D eigenvalue weighted by Crippen LogP contribution is 2.19. The number of carbonyl (C=O) groups excluding carboxylic acids is 1. The van der Waals surface area contributed by atoms with Crippen molar-refractivity contribution in [1.82, 2.24) is 25.3 Å². The highest BCUT2D eigenvalue weighted by Gasteiger charge is 2.16. The number of aryl methyl sites for hydroxylation is 2.